The third-order valence-corrected chi connectivity index (χ3v) is 2.67. The van der Waals surface area contributed by atoms with Gasteiger partial charge in [0.25, 0.3) is 0 Å². The molecule has 1 aromatic heterocycles. The van der Waals surface area contributed by atoms with Gasteiger partial charge in [-0.15, -0.1) is 0 Å². The van der Waals surface area contributed by atoms with Gasteiger partial charge >= 0.3 is 0 Å². The van der Waals surface area contributed by atoms with Crippen molar-refractivity contribution in [3.05, 3.63) is 11.9 Å². The van der Waals surface area contributed by atoms with Crippen molar-refractivity contribution < 1.29 is 5.11 Å². The van der Waals surface area contributed by atoms with Crippen LogP contribution in [0.2, 0.25) is 0 Å². The van der Waals surface area contributed by atoms with Crippen LogP contribution in [0.4, 0.5) is 11.6 Å². The van der Waals surface area contributed by atoms with Crippen LogP contribution in [0.15, 0.2) is 6.33 Å². The smallest absolute Gasteiger partial charge is 0.135 e. The number of aliphatic hydroxyl groups is 1. The molecule has 0 aliphatic heterocycles. The number of hydrogen-bond donors (Lipinski definition) is 3. The zero-order valence-corrected chi connectivity index (χ0v) is 11.0. The van der Waals surface area contributed by atoms with Crippen LogP contribution in [-0.4, -0.2) is 34.8 Å². The molecule has 0 aromatic carbocycles. The van der Waals surface area contributed by atoms with E-state index in [1.807, 2.05) is 14.0 Å². The lowest BCUT2D eigenvalue weighted by Crippen LogP contribution is -2.20. The van der Waals surface area contributed by atoms with Crippen LogP contribution < -0.4 is 10.6 Å². The van der Waals surface area contributed by atoms with Crippen molar-refractivity contribution in [2.45, 2.75) is 39.2 Å². The lowest BCUT2D eigenvalue weighted by atomic mass is 10.0. The van der Waals surface area contributed by atoms with Gasteiger partial charge in [0.1, 0.15) is 18.0 Å². The summed E-state index contributed by atoms with van der Waals surface area (Å²) < 4.78 is 0. The molecule has 1 aromatic rings. The molecule has 0 fully saturated rings. The zero-order valence-electron chi connectivity index (χ0n) is 11.0. The fraction of sp³-hybridized carbons (Fsp3) is 0.667. The molecular formula is C12H22N4O. The molecule has 0 amide bonds. The number of aromatic nitrogens is 2. The van der Waals surface area contributed by atoms with Crippen molar-refractivity contribution in [3.63, 3.8) is 0 Å². The van der Waals surface area contributed by atoms with E-state index < -0.39 is 0 Å². The molecule has 5 heteroatoms. The molecule has 0 saturated heterocycles. The fourth-order valence-corrected chi connectivity index (χ4v) is 1.64. The average molecular weight is 238 g/mol. The Hall–Kier alpha value is -1.36. The van der Waals surface area contributed by atoms with Crippen LogP contribution in [0.1, 0.15) is 38.7 Å². The van der Waals surface area contributed by atoms with E-state index in [1.165, 1.54) is 6.33 Å². The summed E-state index contributed by atoms with van der Waals surface area (Å²) in [5.74, 6) is 1.95. The number of nitrogens with one attached hydrogen (secondary N) is 2. The Balaban J connectivity index is 2.90. The molecule has 3 N–H and O–H groups in total. The van der Waals surface area contributed by atoms with Crippen LogP contribution in [0.3, 0.4) is 0 Å². The standard InChI is InChI=1S/C12H22N4O/c1-5-9(17)6-14-12-10(8(2)3)11(13-4)15-7-16-12/h7-9,17H,5-6H2,1-4H3,(H2,13,14,15,16). The van der Waals surface area contributed by atoms with E-state index in [1.54, 1.807) is 0 Å². The van der Waals surface area contributed by atoms with Gasteiger partial charge in [0.05, 0.1) is 6.10 Å². The molecule has 1 atom stereocenters. The summed E-state index contributed by atoms with van der Waals surface area (Å²) in [6.45, 7) is 6.66. The van der Waals surface area contributed by atoms with Crippen molar-refractivity contribution in [2.24, 2.45) is 0 Å². The Bertz CT molecular complexity index is 354. The van der Waals surface area contributed by atoms with Crippen LogP contribution in [-0.2, 0) is 0 Å². The van der Waals surface area contributed by atoms with E-state index in [0.29, 0.717) is 12.5 Å². The topological polar surface area (TPSA) is 70.1 Å². The van der Waals surface area contributed by atoms with Crippen molar-refractivity contribution in [1.82, 2.24) is 9.97 Å². The van der Waals surface area contributed by atoms with Crippen molar-refractivity contribution in [3.8, 4) is 0 Å². The molecule has 5 nitrogen and oxygen atoms in total. The minimum absolute atomic E-state index is 0.319. The summed E-state index contributed by atoms with van der Waals surface area (Å²) in [4.78, 5) is 8.44. The van der Waals surface area contributed by atoms with Gasteiger partial charge in [-0.25, -0.2) is 9.97 Å². The van der Waals surface area contributed by atoms with Gasteiger partial charge in [0.2, 0.25) is 0 Å². The third-order valence-electron chi connectivity index (χ3n) is 2.67. The first-order chi connectivity index (χ1) is 8.10. The van der Waals surface area contributed by atoms with Gasteiger partial charge in [0, 0.05) is 19.2 Å². The maximum absolute atomic E-state index is 9.55. The molecule has 1 heterocycles. The minimum Gasteiger partial charge on any atom is -0.391 e. The summed E-state index contributed by atoms with van der Waals surface area (Å²) in [6, 6.07) is 0. The van der Waals surface area contributed by atoms with Crippen LogP contribution in [0.25, 0.3) is 0 Å². The second-order valence-corrected chi connectivity index (χ2v) is 4.33. The molecule has 0 spiro atoms. The van der Waals surface area contributed by atoms with Gasteiger partial charge in [-0.2, -0.15) is 0 Å². The lowest BCUT2D eigenvalue weighted by molar-refractivity contribution is 0.183. The normalized spacial score (nSPS) is 12.6. The highest BCUT2D eigenvalue weighted by Gasteiger charge is 2.14. The molecule has 1 rings (SSSR count). The second kappa shape index (κ2) is 6.39. The van der Waals surface area contributed by atoms with E-state index >= 15 is 0 Å². The van der Waals surface area contributed by atoms with Gasteiger partial charge in [-0.1, -0.05) is 20.8 Å². The van der Waals surface area contributed by atoms with Gasteiger partial charge < -0.3 is 15.7 Å². The molecule has 0 aliphatic carbocycles. The number of aliphatic hydroxyl groups excluding tert-OH is 1. The fourth-order valence-electron chi connectivity index (χ4n) is 1.64. The second-order valence-electron chi connectivity index (χ2n) is 4.33. The first-order valence-electron chi connectivity index (χ1n) is 6.04. The van der Waals surface area contributed by atoms with Crippen LogP contribution in [0, 0.1) is 0 Å². The van der Waals surface area contributed by atoms with Crippen LogP contribution >= 0.6 is 0 Å². The number of anilines is 2. The Labute approximate surface area is 103 Å². The van der Waals surface area contributed by atoms with E-state index in [0.717, 1.165) is 23.6 Å². The summed E-state index contributed by atoms with van der Waals surface area (Å²) >= 11 is 0. The minimum atomic E-state index is -0.344. The first-order valence-corrected chi connectivity index (χ1v) is 6.04. The average Bonchev–Trinajstić information content (AvgIpc) is 2.34. The largest absolute Gasteiger partial charge is 0.391 e. The SMILES string of the molecule is CCC(O)CNc1ncnc(NC)c1C(C)C. The molecule has 96 valence electrons. The number of nitrogens with zero attached hydrogens (tertiary/aromatic N) is 2. The van der Waals surface area contributed by atoms with Crippen LogP contribution in [0.5, 0.6) is 0 Å². The van der Waals surface area contributed by atoms with E-state index in [2.05, 4.69) is 34.4 Å². The molecule has 0 radical (unpaired) electrons. The highest BCUT2D eigenvalue weighted by Crippen LogP contribution is 2.27. The maximum atomic E-state index is 9.55. The Kier molecular flexibility index (Phi) is 5.15. The maximum Gasteiger partial charge on any atom is 0.135 e. The summed E-state index contributed by atoms with van der Waals surface area (Å²) in [5, 5.41) is 15.8. The van der Waals surface area contributed by atoms with E-state index in [9.17, 15) is 5.11 Å². The first kappa shape index (κ1) is 13.7. The molecule has 0 saturated carbocycles. The Morgan fingerprint density at radius 2 is 1.94 bits per heavy atom. The predicted octanol–water partition coefficient (Wildman–Crippen LogP) is 1.82. The van der Waals surface area contributed by atoms with Gasteiger partial charge in [-0.3, -0.25) is 0 Å². The molecular weight excluding hydrogens is 216 g/mol. The van der Waals surface area contributed by atoms with Gasteiger partial charge in [-0.05, 0) is 12.3 Å². The molecule has 1 unspecified atom stereocenters. The highest BCUT2D eigenvalue weighted by atomic mass is 16.3. The molecule has 17 heavy (non-hydrogen) atoms. The molecule has 0 bridgehead atoms. The summed E-state index contributed by atoms with van der Waals surface area (Å²) in [7, 11) is 1.85. The number of rotatable bonds is 6. The Morgan fingerprint density at radius 3 is 2.47 bits per heavy atom. The lowest BCUT2D eigenvalue weighted by Gasteiger charge is -2.17. The van der Waals surface area contributed by atoms with E-state index in [-0.39, 0.29) is 6.10 Å². The highest BCUT2D eigenvalue weighted by molar-refractivity contribution is 5.58. The summed E-state index contributed by atoms with van der Waals surface area (Å²) in [5.41, 5.74) is 1.05. The van der Waals surface area contributed by atoms with E-state index in [4.69, 9.17) is 0 Å². The number of hydrogen-bond acceptors (Lipinski definition) is 5. The monoisotopic (exact) mass is 238 g/mol. The predicted molar refractivity (Wildman–Crippen MR) is 70.5 cm³/mol. The third kappa shape index (κ3) is 3.56. The van der Waals surface area contributed by atoms with Gasteiger partial charge in [0.15, 0.2) is 0 Å². The quantitative estimate of drug-likeness (QED) is 0.705. The summed E-state index contributed by atoms with van der Waals surface area (Å²) in [6.07, 6.45) is 1.91. The molecule has 0 aliphatic rings. The van der Waals surface area contributed by atoms with Crippen molar-refractivity contribution >= 4 is 11.6 Å². The van der Waals surface area contributed by atoms with Crippen molar-refractivity contribution in [1.29, 1.82) is 0 Å². The zero-order chi connectivity index (χ0) is 12.8. The Morgan fingerprint density at radius 1 is 1.29 bits per heavy atom. The van der Waals surface area contributed by atoms with Crippen molar-refractivity contribution in [2.75, 3.05) is 24.2 Å².